The highest BCUT2D eigenvalue weighted by atomic mass is 16.8. The third kappa shape index (κ3) is 6.50. The molecule has 3 aromatic carbocycles. The third-order valence-corrected chi connectivity index (χ3v) is 8.79. The first kappa shape index (κ1) is 32.4. The molecule has 5 atom stereocenters. The molecule has 0 amide bonds. The van der Waals surface area contributed by atoms with Gasteiger partial charge in [-0.25, -0.2) is 4.98 Å². The Bertz CT molecular complexity index is 1990. The minimum Gasteiger partial charge on any atom is -0.463 e. The maximum Gasteiger partial charge on any atom is 0.302 e. The fraction of sp³-hybridized carbons (Fsp3) is 0.324. The van der Waals surface area contributed by atoms with E-state index in [0.29, 0.717) is 24.6 Å². The van der Waals surface area contributed by atoms with Crippen LogP contribution in [0.25, 0.3) is 11.2 Å². The first-order chi connectivity index (χ1) is 23.9. The topological polar surface area (TPSA) is 122 Å². The number of esters is 1. The van der Waals surface area contributed by atoms with Crippen molar-refractivity contribution < 1.29 is 23.7 Å². The molecule has 2 aromatic heterocycles. The van der Waals surface area contributed by atoms with Gasteiger partial charge in [0.15, 0.2) is 23.7 Å². The first-order valence-electron chi connectivity index (χ1n) is 16.5. The largest absolute Gasteiger partial charge is 0.463 e. The van der Waals surface area contributed by atoms with Crippen LogP contribution in [0.4, 0.5) is 5.95 Å². The lowest BCUT2D eigenvalue weighted by molar-refractivity contribution is -0.165. The van der Waals surface area contributed by atoms with Crippen molar-refractivity contribution in [1.82, 2.24) is 24.0 Å². The van der Waals surface area contributed by atoms with Gasteiger partial charge in [0.25, 0.3) is 5.56 Å². The zero-order valence-electron chi connectivity index (χ0n) is 27.6. The molecule has 2 saturated heterocycles. The predicted octanol–water partition coefficient (Wildman–Crippen LogP) is 5.00. The molecule has 0 spiro atoms. The number of nitrogens with zero attached hydrogens (tertiary/aromatic N) is 6. The second kappa shape index (κ2) is 14.1. The molecule has 0 aliphatic carbocycles. The zero-order chi connectivity index (χ0) is 33.9. The Morgan fingerprint density at radius 1 is 0.898 bits per heavy atom. The molecule has 2 aliphatic rings. The molecule has 7 rings (SSSR count). The monoisotopic (exact) mass is 662 g/mol. The number of ether oxygens (including phenoxy) is 4. The van der Waals surface area contributed by atoms with E-state index in [9.17, 15) is 9.59 Å². The van der Waals surface area contributed by atoms with Gasteiger partial charge in [-0.05, 0) is 19.4 Å². The summed E-state index contributed by atoms with van der Waals surface area (Å²) in [6.07, 6.45) is -1.70. The summed E-state index contributed by atoms with van der Waals surface area (Å²) in [5.41, 5.74) is 2.80. The Hall–Kier alpha value is -5.17. The number of carbonyl (C=O) groups excluding carboxylic acids is 1. The molecule has 252 valence electrons. The lowest BCUT2D eigenvalue weighted by Crippen LogP contribution is -2.32. The van der Waals surface area contributed by atoms with Gasteiger partial charge >= 0.3 is 5.97 Å². The average Bonchev–Trinajstić information content (AvgIpc) is 3.84. The fourth-order valence-corrected chi connectivity index (χ4v) is 6.35. The molecule has 5 aromatic rings. The number of hydrogen-bond acceptors (Lipinski definition) is 9. The van der Waals surface area contributed by atoms with E-state index in [4.69, 9.17) is 28.9 Å². The minimum atomic E-state index is -0.783. The van der Waals surface area contributed by atoms with Crippen LogP contribution in [0.3, 0.4) is 0 Å². The molecule has 2 aliphatic heterocycles. The maximum atomic E-state index is 14.3. The molecule has 0 saturated carbocycles. The summed E-state index contributed by atoms with van der Waals surface area (Å²) >= 11 is 0. The Kier molecular flexibility index (Phi) is 9.34. The van der Waals surface area contributed by atoms with Crippen LogP contribution in [0.15, 0.2) is 107 Å². The summed E-state index contributed by atoms with van der Waals surface area (Å²) in [6.45, 7) is 7.11. The number of benzene rings is 3. The van der Waals surface area contributed by atoms with E-state index in [1.54, 1.807) is 9.13 Å². The Morgan fingerprint density at radius 2 is 1.55 bits per heavy atom. The van der Waals surface area contributed by atoms with Crippen LogP contribution >= 0.6 is 0 Å². The third-order valence-electron chi connectivity index (χ3n) is 8.79. The van der Waals surface area contributed by atoms with Gasteiger partial charge < -0.3 is 23.8 Å². The second-order valence-corrected chi connectivity index (χ2v) is 11.9. The number of imidazole rings is 1. The summed E-state index contributed by atoms with van der Waals surface area (Å²) in [5.74, 6) is 0.493. The Labute approximate surface area is 283 Å². The van der Waals surface area contributed by atoms with Crippen LogP contribution in [0.2, 0.25) is 0 Å². The molecular weight excluding hydrogens is 624 g/mol. The van der Waals surface area contributed by atoms with E-state index in [-0.39, 0.29) is 30.2 Å². The molecule has 0 N–H and O–H groups in total. The first-order valence-corrected chi connectivity index (χ1v) is 16.5. The highest BCUT2D eigenvalue weighted by molar-refractivity contribution is 6.00. The van der Waals surface area contributed by atoms with Crippen LogP contribution in [0, 0.1) is 0 Å². The highest BCUT2D eigenvalue weighted by Crippen LogP contribution is 2.44. The minimum absolute atomic E-state index is 0.0261. The summed E-state index contributed by atoms with van der Waals surface area (Å²) in [5, 5.41) is 0. The van der Waals surface area contributed by atoms with Crippen molar-refractivity contribution in [3.05, 3.63) is 124 Å². The SMILES string of the molecule is CCN(CC)/C(=N\c1nc2c(ncn2[C@@H]2O[C@H](COC(C)=O)[C@H]3OC(c4ccccc4)O[C@H]32)c(=O)n1Cc1ccccc1)c1ccccc1. The van der Waals surface area contributed by atoms with Crippen LogP contribution < -0.4 is 5.56 Å². The normalized spacial score (nSPS) is 21.9. The molecule has 12 nitrogen and oxygen atoms in total. The molecule has 0 radical (unpaired) electrons. The van der Waals surface area contributed by atoms with Crippen LogP contribution in [0.5, 0.6) is 0 Å². The summed E-state index contributed by atoms with van der Waals surface area (Å²) in [7, 11) is 0. The lowest BCUT2D eigenvalue weighted by Gasteiger charge is -2.24. The van der Waals surface area contributed by atoms with Crippen molar-refractivity contribution in [1.29, 1.82) is 0 Å². The van der Waals surface area contributed by atoms with Crippen LogP contribution in [0.1, 0.15) is 50.0 Å². The number of aromatic nitrogens is 4. The number of fused-ring (bicyclic) bond motifs is 2. The predicted molar refractivity (Wildman–Crippen MR) is 182 cm³/mol. The average molecular weight is 663 g/mol. The molecular formula is C37H38N6O6. The number of amidine groups is 1. The van der Waals surface area contributed by atoms with Gasteiger partial charge in [-0.2, -0.15) is 9.98 Å². The van der Waals surface area contributed by atoms with Crippen LogP contribution in [-0.2, 0) is 30.3 Å². The van der Waals surface area contributed by atoms with E-state index in [1.807, 2.05) is 91.0 Å². The van der Waals surface area contributed by atoms with Crippen molar-refractivity contribution in [2.75, 3.05) is 19.7 Å². The van der Waals surface area contributed by atoms with E-state index in [1.165, 1.54) is 13.3 Å². The fourth-order valence-electron chi connectivity index (χ4n) is 6.35. The molecule has 2 fully saturated rings. The van der Waals surface area contributed by atoms with Gasteiger partial charge in [0.2, 0.25) is 5.95 Å². The van der Waals surface area contributed by atoms with Crippen molar-refractivity contribution >= 4 is 28.9 Å². The Balaban J connectivity index is 1.36. The molecule has 12 heteroatoms. The summed E-state index contributed by atoms with van der Waals surface area (Å²) in [6, 6.07) is 29.2. The van der Waals surface area contributed by atoms with Crippen LogP contribution in [-0.4, -0.2) is 73.8 Å². The Morgan fingerprint density at radius 3 is 2.22 bits per heavy atom. The number of carbonyl (C=O) groups is 1. The number of rotatable bonds is 10. The zero-order valence-corrected chi connectivity index (χ0v) is 27.6. The van der Waals surface area contributed by atoms with E-state index < -0.39 is 36.8 Å². The quantitative estimate of drug-likeness (QED) is 0.115. The molecule has 49 heavy (non-hydrogen) atoms. The standard InChI is InChI=1S/C37H38N6O6/c1-4-41(5-2)32(26-17-11-7-12-18-26)39-37-40-33-29(34(45)42(37)21-25-15-9-6-10-16-25)38-23-43(33)35-31-30(28(47-35)22-46-24(3)44)48-36(49-31)27-19-13-8-14-20-27/h6-20,23,28,30-31,35-36H,4-5,21-22H2,1-3H3/b39-32-/t28-,30-,31-,35-,36?/m1/s1. The summed E-state index contributed by atoms with van der Waals surface area (Å²) in [4.78, 5) is 42.9. The van der Waals surface area contributed by atoms with E-state index >= 15 is 0 Å². The summed E-state index contributed by atoms with van der Waals surface area (Å²) < 4.78 is 27.9. The van der Waals surface area contributed by atoms with Crippen molar-refractivity contribution in [2.24, 2.45) is 4.99 Å². The second-order valence-electron chi connectivity index (χ2n) is 11.9. The molecule has 0 bridgehead atoms. The number of hydrogen-bond donors (Lipinski definition) is 0. The van der Waals surface area contributed by atoms with Gasteiger partial charge in [0.1, 0.15) is 30.8 Å². The van der Waals surface area contributed by atoms with Crippen molar-refractivity contribution in [3.8, 4) is 0 Å². The molecule has 4 heterocycles. The lowest BCUT2D eigenvalue weighted by atomic mass is 10.1. The van der Waals surface area contributed by atoms with Gasteiger partial charge in [-0.1, -0.05) is 91.0 Å². The van der Waals surface area contributed by atoms with Crippen molar-refractivity contribution in [2.45, 2.75) is 58.1 Å². The smallest absolute Gasteiger partial charge is 0.302 e. The van der Waals surface area contributed by atoms with Gasteiger partial charge in [0, 0.05) is 31.1 Å². The van der Waals surface area contributed by atoms with E-state index in [0.717, 1.165) is 16.7 Å². The van der Waals surface area contributed by atoms with Crippen molar-refractivity contribution in [3.63, 3.8) is 0 Å². The van der Waals surface area contributed by atoms with Gasteiger partial charge in [0.05, 0.1) is 12.9 Å². The highest BCUT2D eigenvalue weighted by Gasteiger charge is 2.54. The van der Waals surface area contributed by atoms with E-state index in [2.05, 4.69) is 23.7 Å². The van der Waals surface area contributed by atoms with Gasteiger partial charge in [-0.15, -0.1) is 0 Å². The maximum absolute atomic E-state index is 14.3. The van der Waals surface area contributed by atoms with Gasteiger partial charge in [-0.3, -0.25) is 18.7 Å². The number of aliphatic imine (C=N–C) groups is 1. The molecule has 1 unspecified atom stereocenters.